The van der Waals surface area contributed by atoms with Crippen LogP contribution in [-0.4, -0.2) is 36.6 Å². The number of carboxylic acids is 2. The van der Waals surface area contributed by atoms with E-state index in [1.165, 1.54) is 12.8 Å². The summed E-state index contributed by atoms with van der Waals surface area (Å²) in [6, 6.07) is 0.562. The van der Waals surface area contributed by atoms with Crippen molar-refractivity contribution < 1.29 is 50.5 Å². The first kappa shape index (κ1) is 32.0. The number of hydrogen-bond donors (Lipinski definition) is 2. The molecule has 1 aliphatic rings. The van der Waals surface area contributed by atoms with Crippen LogP contribution in [-0.2, 0) is 40.2 Å². The number of aliphatic carboxylic acids is 2. The molecule has 0 radical (unpaired) electrons. The third kappa shape index (κ3) is 15.8. The molecule has 0 saturated heterocycles. The summed E-state index contributed by atoms with van der Waals surface area (Å²) in [6.45, 7) is 0. The minimum atomic E-state index is -1.42. The van der Waals surface area contributed by atoms with Gasteiger partial charge in [-0.25, -0.2) is 0 Å². The van der Waals surface area contributed by atoms with Gasteiger partial charge < -0.3 is 31.3 Å². The molecule has 13 heteroatoms. The van der Waals surface area contributed by atoms with Gasteiger partial charge >= 0.3 is 21.1 Å². The second-order valence-electron chi connectivity index (χ2n) is 4.75. The maximum absolute atomic E-state index is 9.89. The number of hydrogen-bond acceptors (Lipinski definition) is 8. The molecule has 2 atom stereocenters. The summed E-state index contributed by atoms with van der Waals surface area (Å²) in [5.74, 6) is -2.84. The molecule has 0 aromatic rings. The predicted molar refractivity (Wildman–Crippen MR) is 106 cm³/mol. The molecule has 0 aromatic carbocycles. The van der Waals surface area contributed by atoms with Gasteiger partial charge in [-0.1, -0.05) is 12.8 Å². The Balaban J connectivity index is -0.000000314. The van der Waals surface area contributed by atoms with E-state index in [0.29, 0.717) is 12.6 Å². The maximum atomic E-state index is 9.89. The fourth-order valence-corrected chi connectivity index (χ4v) is 2.00. The van der Waals surface area contributed by atoms with Crippen molar-refractivity contribution in [2.45, 2.75) is 37.8 Å². The summed E-state index contributed by atoms with van der Waals surface area (Å²) in [5.41, 5.74) is 11.3. The molecule has 0 heterocycles. The van der Waals surface area contributed by atoms with Crippen LogP contribution in [0.4, 0.5) is 0 Å². The fourth-order valence-electron chi connectivity index (χ4n) is 1.49. The van der Waals surface area contributed by atoms with Crippen LogP contribution in [0.25, 0.3) is 0 Å². The number of rotatable bonds is 4. The van der Waals surface area contributed by atoms with Crippen molar-refractivity contribution in [2.75, 3.05) is 0 Å². The number of aldehydes is 2. The third-order valence-electron chi connectivity index (χ3n) is 2.86. The smallest absolute Gasteiger partial charge is 0.544 e. The Labute approximate surface area is 204 Å². The average Bonchev–Trinajstić information content (AvgIpc) is 2.62. The van der Waals surface area contributed by atoms with Gasteiger partial charge in [0.1, 0.15) is 0 Å². The van der Waals surface area contributed by atoms with E-state index in [-0.39, 0.29) is 51.1 Å². The molecule has 4 N–H and O–H groups in total. The second kappa shape index (κ2) is 18.3. The molecule has 0 amide bonds. The zero-order chi connectivity index (χ0) is 20.9. The summed E-state index contributed by atoms with van der Waals surface area (Å²) in [7, 11) is 0. The van der Waals surface area contributed by atoms with E-state index in [0.717, 1.165) is 12.8 Å². The Kier molecular flexibility index (Phi) is 21.7. The average molecular weight is 823 g/mol. The monoisotopic (exact) mass is 819 g/mol. The summed E-state index contributed by atoms with van der Waals surface area (Å²) in [4.78, 5) is 39.4. The van der Waals surface area contributed by atoms with Crippen molar-refractivity contribution in [3.63, 3.8) is 0 Å². The number of carboxylic acid groups (broad SMARTS) is 2. The fraction of sp³-hybridized carbons (Fsp3) is 0.429. The number of allylic oxidation sites excluding steroid dienone is 2. The third-order valence-corrected chi connectivity index (χ3v) is 6.59. The Morgan fingerprint density at radius 2 is 1.04 bits per heavy atom. The van der Waals surface area contributed by atoms with Gasteiger partial charge in [0.2, 0.25) is 0 Å². The van der Waals surface area contributed by atoms with Crippen LogP contribution in [0.5, 0.6) is 0 Å². The zero-order valence-electron chi connectivity index (χ0n) is 13.6. The Hall–Kier alpha value is 0.288. The van der Waals surface area contributed by atoms with Crippen LogP contribution in [0.2, 0.25) is 0 Å². The van der Waals surface area contributed by atoms with Crippen molar-refractivity contribution in [3.05, 3.63) is 17.9 Å². The molecule has 0 spiro atoms. The first-order chi connectivity index (χ1) is 12.0. The maximum Gasteiger partial charge on any atom is 2.00 e. The molecular weight excluding hydrogens is 807 g/mol. The Bertz CT molecular complexity index is 536. The minimum absolute atomic E-state index is 0. The van der Waals surface area contributed by atoms with E-state index in [2.05, 4.69) is 63.7 Å². The largest absolute Gasteiger partial charge is 2.00 e. The number of carbonyl (C=O) groups excluding carboxylic acids is 4. The number of carbonyl (C=O) groups is 4. The van der Waals surface area contributed by atoms with E-state index in [1.54, 1.807) is 0 Å². The summed E-state index contributed by atoms with van der Waals surface area (Å²) in [6.07, 6.45) is 5.52. The van der Waals surface area contributed by atoms with E-state index in [1.807, 2.05) is 0 Å². The number of halogens is 4. The van der Waals surface area contributed by atoms with Gasteiger partial charge in [0.25, 0.3) is 0 Å². The standard InChI is InChI=1S/C6H14N2.2C4H2Br2O3.Pt/c7-5-3-1-2-4-6(5)8;2*5-2(1-7)3(6)4(8)9;/h5-6H,1-4,7-8H2;2*1H,(H,8,9);/q;;;+2/p-2/b;2*3-2+;. The quantitative estimate of drug-likeness (QED) is 0.298. The van der Waals surface area contributed by atoms with Crippen LogP contribution in [0, 0.1) is 0 Å². The van der Waals surface area contributed by atoms with Crippen molar-refractivity contribution in [3.8, 4) is 0 Å². The summed E-state index contributed by atoms with van der Waals surface area (Å²) >= 11 is 10.6. The van der Waals surface area contributed by atoms with Gasteiger partial charge in [-0.15, -0.1) is 0 Å². The zero-order valence-corrected chi connectivity index (χ0v) is 22.2. The van der Waals surface area contributed by atoms with E-state index in [9.17, 15) is 29.4 Å². The van der Waals surface area contributed by atoms with E-state index >= 15 is 0 Å². The SMILES string of the molecule is NC1CCCCC1N.O=C/C(Br)=C(\Br)C(=O)[O-].O=C/C(Br)=C(\Br)C(=O)[O-].[Pt+2]. The molecule has 27 heavy (non-hydrogen) atoms. The van der Waals surface area contributed by atoms with Crippen LogP contribution in [0.1, 0.15) is 25.7 Å². The molecule has 1 rings (SSSR count). The predicted octanol–water partition coefficient (Wildman–Crippen LogP) is 0.0857. The van der Waals surface area contributed by atoms with Gasteiger partial charge in [0.15, 0.2) is 12.6 Å². The summed E-state index contributed by atoms with van der Waals surface area (Å²) in [5, 5.41) is 19.8. The minimum Gasteiger partial charge on any atom is -0.544 e. The van der Waals surface area contributed by atoms with Gasteiger partial charge in [0, 0.05) is 12.1 Å². The van der Waals surface area contributed by atoms with Crippen LogP contribution in [0.15, 0.2) is 17.9 Å². The molecule has 156 valence electrons. The van der Waals surface area contributed by atoms with Crippen molar-refractivity contribution >= 4 is 88.2 Å². The molecule has 2 unspecified atom stereocenters. The molecule has 0 aromatic heterocycles. The molecular formula is C14H16Br4N2O6Pt. The van der Waals surface area contributed by atoms with Crippen molar-refractivity contribution in [1.29, 1.82) is 0 Å². The Morgan fingerprint density at radius 3 is 1.15 bits per heavy atom. The molecule has 1 fully saturated rings. The Morgan fingerprint density at radius 1 is 0.778 bits per heavy atom. The van der Waals surface area contributed by atoms with Gasteiger partial charge in [-0.05, 0) is 76.6 Å². The van der Waals surface area contributed by atoms with Crippen molar-refractivity contribution in [1.82, 2.24) is 0 Å². The topological polar surface area (TPSA) is 166 Å². The van der Waals surface area contributed by atoms with Crippen LogP contribution < -0.4 is 21.7 Å². The molecule has 0 aliphatic heterocycles. The van der Waals surface area contributed by atoms with Crippen LogP contribution in [0.3, 0.4) is 0 Å². The van der Waals surface area contributed by atoms with Crippen LogP contribution >= 0.6 is 63.7 Å². The first-order valence-electron chi connectivity index (χ1n) is 6.94. The molecule has 0 bridgehead atoms. The first-order valence-corrected chi connectivity index (χ1v) is 10.1. The molecule has 8 nitrogen and oxygen atoms in total. The normalized spacial score (nSPS) is 19.9. The van der Waals surface area contributed by atoms with E-state index < -0.39 is 11.9 Å². The molecule has 1 aliphatic carbocycles. The van der Waals surface area contributed by atoms with Gasteiger partial charge in [-0.2, -0.15) is 0 Å². The number of nitrogens with two attached hydrogens (primary N) is 2. The van der Waals surface area contributed by atoms with Gasteiger partial charge in [0.05, 0.1) is 29.9 Å². The summed E-state index contributed by atoms with van der Waals surface area (Å²) < 4.78 is -0.694. The van der Waals surface area contributed by atoms with Gasteiger partial charge in [-0.3, -0.25) is 9.59 Å². The molecule has 1 saturated carbocycles. The van der Waals surface area contributed by atoms with E-state index in [4.69, 9.17) is 11.5 Å². The second-order valence-corrected chi connectivity index (χ2v) is 8.04. The van der Waals surface area contributed by atoms with Crippen molar-refractivity contribution in [2.24, 2.45) is 11.5 Å².